The number of nitrogens with zero attached hydrogens (tertiary/aromatic N) is 1. The molecule has 0 atom stereocenters. The molecule has 0 aliphatic heterocycles. The van der Waals surface area contributed by atoms with E-state index in [-0.39, 0.29) is 11.8 Å². The number of amides is 2. The molecule has 0 saturated carbocycles. The number of nitrogens with one attached hydrogen (secondary N) is 2. The van der Waals surface area contributed by atoms with Crippen LogP contribution in [-0.4, -0.2) is 16.8 Å². The summed E-state index contributed by atoms with van der Waals surface area (Å²) in [6, 6.07) is 5.27. The highest BCUT2D eigenvalue weighted by atomic mass is 32.1. The molecular formula is C16H19N3O2S. The number of carbonyl (C=O) groups is 2. The second kappa shape index (κ2) is 6.27. The quantitative estimate of drug-likeness (QED) is 0.907. The van der Waals surface area contributed by atoms with Crippen LogP contribution in [0.25, 0.3) is 0 Å². The van der Waals surface area contributed by atoms with E-state index < -0.39 is 5.41 Å². The van der Waals surface area contributed by atoms with E-state index in [1.807, 2.05) is 33.8 Å². The minimum atomic E-state index is -0.475. The van der Waals surface area contributed by atoms with Crippen molar-refractivity contribution in [3.05, 3.63) is 41.0 Å². The molecule has 0 spiro atoms. The van der Waals surface area contributed by atoms with Gasteiger partial charge in [-0.1, -0.05) is 20.8 Å². The number of thiophene rings is 1. The van der Waals surface area contributed by atoms with Crippen molar-refractivity contribution < 1.29 is 9.59 Å². The number of aromatic nitrogens is 1. The summed E-state index contributed by atoms with van der Waals surface area (Å²) in [5.41, 5.74) is 1.05. The summed E-state index contributed by atoms with van der Waals surface area (Å²) in [6.45, 7) is 7.39. The number of anilines is 2. The molecule has 5 nitrogen and oxygen atoms in total. The summed E-state index contributed by atoms with van der Waals surface area (Å²) in [7, 11) is 0. The van der Waals surface area contributed by atoms with Gasteiger partial charge in [0.25, 0.3) is 5.91 Å². The highest BCUT2D eigenvalue weighted by Crippen LogP contribution is 2.29. The lowest BCUT2D eigenvalue weighted by molar-refractivity contribution is -0.123. The normalized spacial score (nSPS) is 11.1. The van der Waals surface area contributed by atoms with Gasteiger partial charge in [0.1, 0.15) is 0 Å². The topological polar surface area (TPSA) is 71.1 Å². The zero-order chi connectivity index (χ0) is 16.3. The zero-order valence-corrected chi connectivity index (χ0v) is 13.9. The van der Waals surface area contributed by atoms with Gasteiger partial charge in [-0.3, -0.25) is 14.6 Å². The van der Waals surface area contributed by atoms with Crippen LogP contribution >= 0.6 is 11.3 Å². The molecule has 0 aliphatic rings. The molecule has 0 saturated heterocycles. The fourth-order valence-electron chi connectivity index (χ4n) is 1.69. The van der Waals surface area contributed by atoms with Crippen molar-refractivity contribution in [1.29, 1.82) is 0 Å². The maximum Gasteiger partial charge on any atom is 0.266 e. The van der Waals surface area contributed by atoms with Crippen molar-refractivity contribution in [1.82, 2.24) is 4.98 Å². The summed E-state index contributed by atoms with van der Waals surface area (Å²) in [6.07, 6.45) is 3.23. The number of pyridine rings is 1. The van der Waals surface area contributed by atoms with Crippen molar-refractivity contribution in [2.24, 2.45) is 5.41 Å². The Labute approximate surface area is 133 Å². The van der Waals surface area contributed by atoms with Crippen molar-refractivity contribution in [3.8, 4) is 0 Å². The SMILES string of the molecule is Cc1cc(NC(=O)C(C)(C)C)sc1C(=O)Nc1ccncc1. The zero-order valence-electron chi connectivity index (χ0n) is 13.1. The minimum absolute atomic E-state index is 0.0742. The van der Waals surface area contributed by atoms with Gasteiger partial charge in [0.15, 0.2) is 0 Å². The molecule has 0 bridgehead atoms. The first-order valence-corrected chi connectivity index (χ1v) is 7.72. The van der Waals surface area contributed by atoms with Crippen LogP contribution in [0.4, 0.5) is 10.7 Å². The molecule has 0 fully saturated rings. The fourth-order valence-corrected chi connectivity index (χ4v) is 2.65. The lowest BCUT2D eigenvalue weighted by Gasteiger charge is -2.16. The average molecular weight is 317 g/mol. The van der Waals surface area contributed by atoms with Crippen LogP contribution in [0.2, 0.25) is 0 Å². The Balaban J connectivity index is 2.13. The van der Waals surface area contributed by atoms with E-state index in [0.717, 1.165) is 5.56 Å². The van der Waals surface area contributed by atoms with E-state index in [1.165, 1.54) is 11.3 Å². The van der Waals surface area contributed by atoms with Gasteiger partial charge in [-0.15, -0.1) is 11.3 Å². The Hall–Kier alpha value is -2.21. The molecule has 0 aliphatic carbocycles. The maximum atomic E-state index is 12.3. The van der Waals surface area contributed by atoms with E-state index in [0.29, 0.717) is 15.6 Å². The molecule has 0 aromatic carbocycles. The van der Waals surface area contributed by atoms with Crippen molar-refractivity contribution >= 4 is 33.8 Å². The molecule has 2 heterocycles. The molecule has 6 heteroatoms. The number of hydrogen-bond donors (Lipinski definition) is 2. The van der Waals surface area contributed by atoms with Crippen LogP contribution < -0.4 is 10.6 Å². The molecule has 0 unspecified atom stereocenters. The summed E-state index contributed by atoms with van der Waals surface area (Å²) in [5.74, 6) is -0.264. The van der Waals surface area contributed by atoms with Crippen LogP contribution in [-0.2, 0) is 4.79 Å². The summed E-state index contributed by atoms with van der Waals surface area (Å²) in [5, 5.41) is 6.34. The smallest absolute Gasteiger partial charge is 0.266 e. The number of rotatable bonds is 3. The Bertz CT molecular complexity index is 687. The second-order valence-corrected chi connectivity index (χ2v) is 7.07. The number of aryl methyl sites for hydroxylation is 1. The van der Waals surface area contributed by atoms with E-state index in [2.05, 4.69) is 15.6 Å². The Morgan fingerprint density at radius 3 is 2.36 bits per heavy atom. The molecule has 2 rings (SSSR count). The molecule has 2 aromatic rings. The first-order chi connectivity index (χ1) is 10.3. The molecule has 2 aromatic heterocycles. The first-order valence-electron chi connectivity index (χ1n) is 6.90. The number of carbonyl (C=O) groups excluding carboxylic acids is 2. The van der Waals surface area contributed by atoms with E-state index >= 15 is 0 Å². The largest absolute Gasteiger partial charge is 0.321 e. The number of hydrogen-bond acceptors (Lipinski definition) is 4. The first kappa shape index (κ1) is 16.2. The highest BCUT2D eigenvalue weighted by Gasteiger charge is 2.23. The summed E-state index contributed by atoms with van der Waals surface area (Å²) in [4.78, 5) is 28.8. The lowest BCUT2D eigenvalue weighted by atomic mass is 9.96. The van der Waals surface area contributed by atoms with Gasteiger partial charge < -0.3 is 10.6 Å². The van der Waals surface area contributed by atoms with Gasteiger partial charge in [0, 0.05) is 23.5 Å². The Kier molecular flexibility index (Phi) is 4.61. The molecular weight excluding hydrogens is 298 g/mol. The van der Waals surface area contributed by atoms with Crippen LogP contribution in [0.15, 0.2) is 30.6 Å². The summed E-state index contributed by atoms with van der Waals surface area (Å²) >= 11 is 1.27. The van der Waals surface area contributed by atoms with Crippen LogP contribution in [0, 0.1) is 12.3 Å². The van der Waals surface area contributed by atoms with Crippen molar-refractivity contribution in [3.63, 3.8) is 0 Å². The van der Waals surface area contributed by atoms with E-state index in [4.69, 9.17) is 0 Å². The predicted molar refractivity (Wildman–Crippen MR) is 89.3 cm³/mol. The van der Waals surface area contributed by atoms with Crippen LogP contribution in [0.5, 0.6) is 0 Å². The molecule has 0 radical (unpaired) electrons. The minimum Gasteiger partial charge on any atom is -0.321 e. The van der Waals surface area contributed by atoms with Gasteiger partial charge in [-0.2, -0.15) is 0 Å². The maximum absolute atomic E-state index is 12.3. The van der Waals surface area contributed by atoms with Gasteiger partial charge in [0.05, 0.1) is 9.88 Å². The van der Waals surface area contributed by atoms with Crippen molar-refractivity contribution in [2.45, 2.75) is 27.7 Å². The molecule has 2 amide bonds. The van der Waals surface area contributed by atoms with Crippen molar-refractivity contribution in [2.75, 3.05) is 10.6 Å². The highest BCUT2D eigenvalue weighted by molar-refractivity contribution is 7.18. The average Bonchev–Trinajstić information content (AvgIpc) is 2.79. The van der Waals surface area contributed by atoms with Crippen LogP contribution in [0.3, 0.4) is 0 Å². The third kappa shape index (κ3) is 3.92. The predicted octanol–water partition coefficient (Wildman–Crippen LogP) is 3.69. The third-order valence-electron chi connectivity index (χ3n) is 2.98. The molecule has 116 valence electrons. The third-order valence-corrected chi connectivity index (χ3v) is 4.13. The van der Waals surface area contributed by atoms with Gasteiger partial charge in [-0.25, -0.2) is 0 Å². The Morgan fingerprint density at radius 1 is 1.14 bits per heavy atom. The molecule has 2 N–H and O–H groups in total. The van der Waals surface area contributed by atoms with Crippen LogP contribution in [0.1, 0.15) is 36.0 Å². The fraction of sp³-hybridized carbons (Fsp3) is 0.312. The van der Waals surface area contributed by atoms with Gasteiger partial charge >= 0.3 is 0 Å². The van der Waals surface area contributed by atoms with E-state index in [1.54, 1.807) is 24.5 Å². The Morgan fingerprint density at radius 2 is 1.77 bits per heavy atom. The second-order valence-electron chi connectivity index (χ2n) is 6.02. The standard InChI is InChI=1S/C16H19N3O2S/c1-10-9-12(19-15(21)16(2,3)4)22-13(10)14(20)18-11-5-7-17-8-6-11/h5-9H,1-4H3,(H,19,21)(H,17,18,20). The lowest BCUT2D eigenvalue weighted by Crippen LogP contribution is -2.27. The van der Waals surface area contributed by atoms with E-state index in [9.17, 15) is 9.59 Å². The summed E-state index contributed by atoms with van der Waals surface area (Å²) < 4.78 is 0. The van der Waals surface area contributed by atoms with Gasteiger partial charge in [-0.05, 0) is 30.7 Å². The molecule has 22 heavy (non-hydrogen) atoms. The van der Waals surface area contributed by atoms with Gasteiger partial charge in [0.2, 0.25) is 5.91 Å². The monoisotopic (exact) mass is 317 g/mol.